The van der Waals surface area contributed by atoms with E-state index in [0.717, 1.165) is 37.2 Å². The molecule has 0 radical (unpaired) electrons. The number of urea groups is 1. The van der Waals surface area contributed by atoms with Gasteiger partial charge in [-0.1, -0.05) is 12.1 Å². The predicted octanol–water partition coefficient (Wildman–Crippen LogP) is 3.82. The highest BCUT2D eigenvalue weighted by molar-refractivity contribution is 5.97. The molecule has 164 valence electrons. The van der Waals surface area contributed by atoms with Crippen LogP contribution >= 0.6 is 0 Å². The number of ether oxygens (including phenoxy) is 2. The van der Waals surface area contributed by atoms with Crippen molar-refractivity contribution in [3.8, 4) is 0 Å². The van der Waals surface area contributed by atoms with E-state index in [1.807, 2.05) is 6.07 Å². The second-order valence-electron chi connectivity index (χ2n) is 7.70. The van der Waals surface area contributed by atoms with Gasteiger partial charge in [-0.2, -0.15) is 0 Å². The lowest BCUT2D eigenvalue weighted by molar-refractivity contribution is -0.0135. The van der Waals surface area contributed by atoms with Crippen LogP contribution < -0.4 is 10.2 Å². The molecule has 2 amide bonds. The number of methoxy groups -OCH3 is 1. The van der Waals surface area contributed by atoms with Crippen molar-refractivity contribution in [2.75, 3.05) is 50.1 Å². The average Bonchev–Trinajstić information content (AvgIpc) is 3.34. The summed E-state index contributed by atoms with van der Waals surface area (Å²) in [5.41, 5.74) is 2.68. The fraction of sp³-hybridized carbons (Fsp3) is 0.391. The number of carbonyl (C=O) groups excluding carboxylic acids is 2. The fourth-order valence-corrected chi connectivity index (χ4v) is 4.02. The predicted molar refractivity (Wildman–Crippen MR) is 115 cm³/mol. The van der Waals surface area contributed by atoms with Crippen LogP contribution in [0.2, 0.25) is 0 Å². The topological polar surface area (TPSA) is 71.1 Å². The number of halogens is 1. The Labute approximate surface area is 180 Å². The number of morpholine rings is 1. The molecule has 7 nitrogen and oxygen atoms in total. The van der Waals surface area contributed by atoms with Gasteiger partial charge in [-0.3, -0.25) is 0 Å². The van der Waals surface area contributed by atoms with Gasteiger partial charge >= 0.3 is 12.0 Å². The van der Waals surface area contributed by atoms with Crippen LogP contribution in [0, 0.1) is 5.82 Å². The molecule has 2 aromatic carbocycles. The summed E-state index contributed by atoms with van der Waals surface area (Å²) in [5.74, 6) is -0.764. The highest BCUT2D eigenvalue weighted by Crippen LogP contribution is 2.31. The molecular weight excluding hydrogens is 401 g/mol. The van der Waals surface area contributed by atoms with Crippen molar-refractivity contribution < 1.29 is 23.5 Å². The van der Waals surface area contributed by atoms with E-state index in [1.54, 1.807) is 29.2 Å². The molecule has 2 saturated heterocycles. The van der Waals surface area contributed by atoms with Gasteiger partial charge < -0.3 is 24.6 Å². The standard InChI is InChI=1S/C23H26FN3O4/c1-30-22(28)17-6-9-20(26-10-2-3-11-26)19(14-17)25-23(29)27-12-13-31-21(15-27)16-4-7-18(24)8-5-16/h4-9,14,21H,2-3,10-13,15H2,1H3,(H,25,29)/t21-/m1/s1. The fourth-order valence-electron chi connectivity index (χ4n) is 4.02. The highest BCUT2D eigenvalue weighted by atomic mass is 19.1. The summed E-state index contributed by atoms with van der Waals surface area (Å²) < 4.78 is 23.9. The third-order valence-electron chi connectivity index (χ3n) is 5.70. The van der Waals surface area contributed by atoms with E-state index in [-0.39, 0.29) is 18.0 Å². The van der Waals surface area contributed by atoms with Crippen LogP contribution in [0.4, 0.5) is 20.6 Å². The molecule has 0 aliphatic carbocycles. The number of carbonyl (C=O) groups is 2. The smallest absolute Gasteiger partial charge is 0.337 e. The highest BCUT2D eigenvalue weighted by Gasteiger charge is 2.27. The van der Waals surface area contributed by atoms with Crippen LogP contribution in [-0.2, 0) is 9.47 Å². The van der Waals surface area contributed by atoms with Gasteiger partial charge in [0.2, 0.25) is 0 Å². The first kappa shape index (κ1) is 21.1. The van der Waals surface area contributed by atoms with Crippen LogP contribution in [0.15, 0.2) is 42.5 Å². The molecule has 0 spiro atoms. The van der Waals surface area contributed by atoms with Crippen molar-refractivity contribution in [2.24, 2.45) is 0 Å². The van der Waals surface area contributed by atoms with Crippen LogP contribution in [0.1, 0.15) is 34.9 Å². The molecule has 1 atom stereocenters. The van der Waals surface area contributed by atoms with Crippen molar-refractivity contribution in [2.45, 2.75) is 18.9 Å². The van der Waals surface area contributed by atoms with Crippen molar-refractivity contribution >= 4 is 23.4 Å². The third kappa shape index (κ3) is 4.80. The summed E-state index contributed by atoms with van der Waals surface area (Å²) in [5, 5.41) is 2.98. The van der Waals surface area contributed by atoms with E-state index in [1.165, 1.54) is 19.2 Å². The Morgan fingerprint density at radius 1 is 1.10 bits per heavy atom. The number of nitrogens with zero attached hydrogens (tertiary/aromatic N) is 2. The van der Waals surface area contributed by atoms with Crippen LogP contribution in [-0.4, -0.2) is 56.8 Å². The first-order chi connectivity index (χ1) is 15.0. The average molecular weight is 427 g/mol. The van der Waals surface area contributed by atoms with Crippen LogP contribution in [0.5, 0.6) is 0 Å². The zero-order valence-electron chi connectivity index (χ0n) is 17.5. The first-order valence-electron chi connectivity index (χ1n) is 10.5. The molecule has 8 heteroatoms. The van der Waals surface area contributed by atoms with Gasteiger partial charge in [0.1, 0.15) is 11.9 Å². The number of nitrogens with one attached hydrogen (secondary N) is 1. The summed E-state index contributed by atoms with van der Waals surface area (Å²) in [6.45, 7) is 3.00. The van der Waals surface area contributed by atoms with Crippen molar-refractivity contribution in [3.63, 3.8) is 0 Å². The normalized spacial score (nSPS) is 18.7. The van der Waals surface area contributed by atoms with Gasteiger partial charge in [0.15, 0.2) is 0 Å². The van der Waals surface area contributed by atoms with E-state index < -0.39 is 5.97 Å². The second kappa shape index (κ2) is 9.34. The van der Waals surface area contributed by atoms with Gasteiger partial charge in [-0.05, 0) is 48.7 Å². The van der Waals surface area contributed by atoms with E-state index in [0.29, 0.717) is 30.9 Å². The molecule has 2 heterocycles. The Kier molecular flexibility index (Phi) is 6.36. The van der Waals surface area contributed by atoms with Crippen molar-refractivity contribution in [3.05, 3.63) is 59.4 Å². The monoisotopic (exact) mass is 427 g/mol. The Balaban J connectivity index is 1.52. The zero-order valence-corrected chi connectivity index (χ0v) is 17.5. The molecule has 4 rings (SSSR count). The van der Waals surface area contributed by atoms with E-state index in [2.05, 4.69) is 10.2 Å². The third-order valence-corrected chi connectivity index (χ3v) is 5.70. The maximum Gasteiger partial charge on any atom is 0.337 e. The van der Waals surface area contributed by atoms with Gasteiger partial charge in [0.05, 0.1) is 37.2 Å². The lowest BCUT2D eigenvalue weighted by Gasteiger charge is -2.33. The SMILES string of the molecule is COC(=O)c1ccc(N2CCCC2)c(NC(=O)N2CCO[C@@H](c3ccc(F)cc3)C2)c1. The summed E-state index contributed by atoms with van der Waals surface area (Å²) >= 11 is 0. The Bertz CT molecular complexity index is 944. The summed E-state index contributed by atoms with van der Waals surface area (Å²) in [6, 6.07) is 11.1. The molecular formula is C23H26FN3O4. The minimum Gasteiger partial charge on any atom is -0.465 e. The molecule has 31 heavy (non-hydrogen) atoms. The number of esters is 1. The first-order valence-corrected chi connectivity index (χ1v) is 10.5. The summed E-state index contributed by atoms with van der Waals surface area (Å²) in [7, 11) is 1.33. The number of anilines is 2. The van der Waals surface area contributed by atoms with Crippen LogP contribution in [0.3, 0.4) is 0 Å². The molecule has 0 saturated carbocycles. The van der Waals surface area contributed by atoms with E-state index in [9.17, 15) is 14.0 Å². The molecule has 2 aliphatic heterocycles. The number of amides is 2. The molecule has 2 aliphatic rings. The van der Waals surface area contributed by atoms with Gasteiger partial charge in [-0.25, -0.2) is 14.0 Å². The second-order valence-corrected chi connectivity index (χ2v) is 7.70. The summed E-state index contributed by atoms with van der Waals surface area (Å²) in [6.07, 6.45) is 1.86. The Morgan fingerprint density at radius 2 is 1.84 bits per heavy atom. The van der Waals surface area contributed by atoms with Crippen molar-refractivity contribution in [1.29, 1.82) is 0 Å². The van der Waals surface area contributed by atoms with E-state index in [4.69, 9.17) is 9.47 Å². The quantitative estimate of drug-likeness (QED) is 0.752. The molecule has 0 aromatic heterocycles. The lowest BCUT2D eigenvalue weighted by atomic mass is 10.1. The minimum absolute atomic E-state index is 0.266. The van der Waals surface area contributed by atoms with Crippen LogP contribution in [0.25, 0.3) is 0 Å². The Morgan fingerprint density at radius 3 is 2.55 bits per heavy atom. The maximum atomic E-state index is 13.2. The lowest BCUT2D eigenvalue weighted by Crippen LogP contribution is -2.44. The van der Waals surface area contributed by atoms with E-state index >= 15 is 0 Å². The Hall–Kier alpha value is -3.13. The van der Waals surface area contributed by atoms with Gasteiger partial charge in [-0.15, -0.1) is 0 Å². The van der Waals surface area contributed by atoms with Gasteiger partial charge in [0, 0.05) is 19.6 Å². The molecule has 2 aromatic rings. The number of rotatable bonds is 4. The molecule has 0 unspecified atom stereocenters. The van der Waals surface area contributed by atoms with Crippen molar-refractivity contribution in [1.82, 2.24) is 4.90 Å². The number of hydrogen-bond acceptors (Lipinski definition) is 5. The molecule has 2 fully saturated rings. The molecule has 1 N–H and O–H groups in total. The summed E-state index contributed by atoms with van der Waals surface area (Å²) in [4.78, 5) is 29.0. The minimum atomic E-state index is -0.453. The van der Waals surface area contributed by atoms with Gasteiger partial charge in [0.25, 0.3) is 0 Å². The maximum absolute atomic E-state index is 13.2. The largest absolute Gasteiger partial charge is 0.465 e. The number of hydrogen-bond donors (Lipinski definition) is 1. The number of benzene rings is 2. The molecule has 0 bridgehead atoms. The zero-order chi connectivity index (χ0) is 21.8.